The largest absolute Gasteiger partial charge is 0.507 e. The number of hydrogen-bond donors (Lipinski definition) is 11. The number of phenols is 6. The highest BCUT2D eigenvalue weighted by atomic mass is 16.7. The Morgan fingerprint density at radius 2 is 1.42 bits per heavy atom. The molecule has 4 aliphatic heterocycles. The van der Waals surface area contributed by atoms with Crippen LogP contribution in [-0.4, -0.2) is 99.3 Å². The van der Waals surface area contributed by atoms with Crippen LogP contribution in [0.1, 0.15) is 32.6 Å². The van der Waals surface area contributed by atoms with Crippen molar-refractivity contribution in [1.29, 1.82) is 0 Å². The molecule has 19 heteroatoms. The van der Waals surface area contributed by atoms with Gasteiger partial charge in [-0.3, -0.25) is 9.59 Å². The average Bonchev–Trinajstić information content (AvgIpc) is 3.62. The van der Waals surface area contributed by atoms with Crippen LogP contribution in [0.5, 0.6) is 63.2 Å². The Morgan fingerprint density at radius 3 is 2.12 bits per heavy atom. The van der Waals surface area contributed by atoms with E-state index in [0.717, 1.165) is 30.3 Å². The minimum Gasteiger partial charge on any atom is -0.507 e. The zero-order valence-electron chi connectivity index (χ0n) is 29.2. The molecule has 4 aliphatic rings. The van der Waals surface area contributed by atoms with Gasteiger partial charge < -0.3 is 84.3 Å². The highest BCUT2D eigenvalue weighted by Gasteiger charge is 2.79. The van der Waals surface area contributed by atoms with Gasteiger partial charge in [0, 0.05) is 28.8 Å². The van der Waals surface area contributed by atoms with Gasteiger partial charge in [-0.05, 0) is 38.1 Å². The van der Waals surface area contributed by atoms with Gasteiger partial charge in [0.05, 0.1) is 12.2 Å². The van der Waals surface area contributed by atoms with Crippen LogP contribution in [0.15, 0.2) is 45.6 Å². The quantitative estimate of drug-likeness (QED) is 0.114. The normalized spacial score (nSPS) is 26.7. The number of benzene rings is 4. The predicted octanol–water partition coefficient (Wildman–Crippen LogP) is 1.30. The molecule has 0 spiro atoms. The Morgan fingerprint density at radius 1 is 0.737 bits per heavy atom. The number of aliphatic hydroxyl groups excluding tert-OH is 4. The highest BCUT2D eigenvalue weighted by Crippen LogP contribution is 2.69. The average molecular weight is 791 g/mol. The van der Waals surface area contributed by atoms with Gasteiger partial charge in [0.15, 0.2) is 34.3 Å². The third-order valence-electron chi connectivity index (χ3n) is 10.8. The molecule has 296 valence electrons. The molecule has 5 aromatic rings. The molecule has 0 unspecified atom stereocenters. The first-order valence-corrected chi connectivity index (χ1v) is 17.1. The van der Waals surface area contributed by atoms with E-state index >= 15 is 0 Å². The van der Waals surface area contributed by atoms with Crippen LogP contribution < -0.4 is 24.4 Å². The number of phenolic OH excluding ortho intramolecular Hbond substituents is 6. The van der Waals surface area contributed by atoms with Crippen molar-refractivity contribution in [3.8, 4) is 74.6 Å². The first kappa shape index (κ1) is 36.0. The van der Waals surface area contributed by atoms with E-state index in [4.69, 9.17) is 28.1 Å². The molecular formula is C38H30O19. The topological polar surface area (TPSA) is 316 Å². The Bertz CT molecular complexity index is 2680. The molecule has 0 amide bonds. The van der Waals surface area contributed by atoms with Crippen LogP contribution in [-0.2, 0) is 16.1 Å². The number of rotatable bonds is 4. The summed E-state index contributed by atoms with van der Waals surface area (Å²) in [5, 5.41) is 116. The molecule has 9 rings (SSSR count). The van der Waals surface area contributed by atoms with Crippen LogP contribution in [0.4, 0.5) is 0 Å². The predicted molar refractivity (Wildman–Crippen MR) is 186 cm³/mol. The van der Waals surface area contributed by atoms with Gasteiger partial charge in [-0.2, -0.15) is 0 Å². The summed E-state index contributed by atoms with van der Waals surface area (Å²) >= 11 is 0. The molecule has 7 atom stereocenters. The van der Waals surface area contributed by atoms with Gasteiger partial charge in [0.25, 0.3) is 5.60 Å². The summed E-state index contributed by atoms with van der Waals surface area (Å²) in [4.78, 5) is 28.9. The monoisotopic (exact) mass is 790 g/mol. The Hall–Kier alpha value is -6.64. The maximum atomic E-state index is 14.9. The lowest BCUT2D eigenvalue weighted by molar-refractivity contribution is -0.277. The molecular weight excluding hydrogens is 760 g/mol. The molecule has 1 fully saturated rings. The molecule has 19 nitrogen and oxygen atoms in total. The van der Waals surface area contributed by atoms with E-state index < -0.39 is 128 Å². The van der Waals surface area contributed by atoms with Crippen molar-refractivity contribution in [1.82, 2.24) is 0 Å². The number of carbonyl (C=O) groups is 1. The third kappa shape index (κ3) is 4.41. The van der Waals surface area contributed by atoms with E-state index in [1.807, 2.05) is 0 Å². The molecule has 11 N–H and O–H groups in total. The van der Waals surface area contributed by atoms with E-state index in [0.29, 0.717) is 0 Å². The van der Waals surface area contributed by atoms with Crippen molar-refractivity contribution in [2.75, 3.05) is 6.61 Å². The Kier molecular flexibility index (Phi) is 7.39. The van der Waals surface area contributed by atoms with E-state index in [-0.39, 0.29) is 45.1 Å². The lowest BCUT2D eigenvalue weighted by Gasteiger charge is -2.40. The van der Waals surface area contributed by atoms with Crippen molar-refractivity contribution in [3.63, 3.8) is 0 Å². The zero-order valence-corrected chi connectivity index (χ0v) is 29.2. The summed E-state index contributed by atoms with van der Waals surface area (Å²) < 4.78 is 36.2. The summed E-state index contributed by atoms with van der Waals surface area (Å²) in [6, 6.07) is 6.22. The molecule has 1 saturated heterocycles. The summed E-state index contributed by atoms with van der Waals surface area (Å²) in [6.07, 6.45) is -8.31. The van der Waals surface area contributed by atoms with Gasteiger partial charge in [-0.25, -0.2) is 0 Å². The molecule has 0 radical (unpaired) electrons. The zero-order chi connectivity index (χ0) is 40.8. The van der Waals surface area contributed by atoms with Gasteiger partial charge in [-0.1, -0.05) is 0 Å². The molecule has 4 aromatic carbocycles. The summed E-state index contributed by atoms with van der Waals surface area (Å²) in [7, 11) is 0. The number of carbonyl (C=O) groups excluding carboxylic acids is 1. The fourth-order valence-corrected chi connectivity index (χ4v) is 7.82. The summed E-state index contributed by atoms with van der Waals surface area (Å²) in [5.41, 5.74) is -5.83. The second kappa shape index (κ2) is 11.7. The standard InChI is InChI=1S/C38H30O19/c1-10-14(40)7-20-22(25(10)44)35(51)37-13-6-15(41)16(42)8-19(13)55-38(37,56-20)24-32(57-37)11(2)26(45)23-28(47)30(49)33(54-34(23)24)12-3-4-18(17(43)5-12)52-36-31(50)29(48)27(46)21(9-39)53-36/h3-8,21,27,29,31,36,39-46,48-50H,9H2,1-2H3/t21-,27-,29+,31-,36-,37-,38-/m1/s1. The number of fused-ring (bicyclic) bond motifs is 5. The van der Waals surface area contributed by atoms with E-state index in [1.54, 1.807) is 0 Å². The van der Waals surface area contributed by atoms with Crippen LogP contribution in [0.2, 0.25) is 0 Å². The molecule has 0 saturated carbocycles. The smallest absolute Gasteiger partial charge is 0.338 e. The van der Waals surface area contributed by atoms with Crippen molar-refractivity contribution in [2.24, 2.45) is 0 Å². The highest BCUT2D eigenvalue weighted by molar-refractivity contribution is 6.12. The SMILES string of the molecule is Cc1c(O)cc2c(c1O)C(=O)[C@@]13Oc4c(C)c(O)c5c(=O)c(O)c(-c6ccc(O[C@@H]7O[C@H](CO)[C@@H](O)[C@H](O)[C@H]7O)c(O)c6)oc5c4[C@@]1(Oc1cc(O)c(O)cc13)O2. The molecule has 1 aromatic heterocycles. The number of ether oxygens (including phenoxy) is 5. The summed E-state index contributed by atoms with van der Waals surface area (Å²) in [6.45, 7) is 1.89. The van der Waals surface area contributed by atoms with E-state index in [1.165, 1.54) is 19.9 Å². The number of aromatic hydroxyl groups is 7. The fourth-order valence-electron chi connectivity index (χ4n) is 7.82. The number of ketones is 1. The van der Waals surface area contributed by atoms with Crippen molar-refractivity contribution in [3.05, 3.63) is 74.4 Å². The Balaban J connectivity index is 1.25. The molecule has 0 bridgehead atoms. The minimum absolute atomic E-state index is 0.101. The maximum Gasteiger partial charge on any atom is 0.338 e. The Labute approximate surface area is 317 Å². The van der Waals surface area contributed by atoms with Crippen molar-refractivity contribution >= 4 is 16.8 Å². The first-order valence-electron chi connectivity index (χ1n) is 17.1. The van der Waals surface area contributed by atoms with Crippen LogP contribution in [0.3, 0.4) is 0 Å². The second-order valence-electron chi connectivity index (χ2n) is 14.0. The summed E-state index contributed by atoms with van der Waals surface area (Å²) in [5.74, 6) is -10.7. The maximum absolute atomic E-state index is 14.9. The fraction of sp³-hybridized carbons (Fsp3) is 0.263. The first-order chi connectivity index (χ1) is 27.0. The lowest BCUT2D eigenvalue weighted by atomic mass is 9.76. The second-order valence-corrected chi connectivity index (χ2v) is 14.0. The van der Waals surface area contributed by atoms with Crippen LogP contribution >= 0.6 is 0 Å². The van der Waals surface area contributed by atoms with Crippen molar-refractivity contribution in [2.45, 2.75) is 55.9 Å². The lowest BCUT2D eigenvalue weighted by Crippen LogP contribution is -2.60. The molecule has 0 aliphatic carbocycles. The number of aliphatic hydroxyl groups is 4. The van der Waals surface area contributed by atoms with E-state index in [2.05, 4.69) is 0 Å². The molecule has 57 heavy (non-hydrogen) atoms. The number of hydrogen-bond acceptors (Lipinski definition) is 19. The molecule has 5 heterocycles. The van der Waals surface area contributed by atoms with Gasteiger partial charge in [-0.15, -0.1) is 0 Å². The van der Waals surface area contributed by atoms with Gasteiger partial charge in [0.2, 0.25) is 23.3 Å². The van der Waals surface area contributed by atoms with Gasteiger partial charge in [0.1, 0.15) is 75.4 Å². The van der Waals surface area contributed by atoms with E-state index in [9.17, 15) is 65.8 Å². The number of Topliss-reactive ketones (excluding diaryl/α,β-unsaturated/α-hetero) is 1. The van der Waals surface area contributed by atoms with Gasteiger partial charge >= 0.3 is 5.79 Å². The van der Waals surface area contributed by atoms with Crippen LogP contribution in [0, 0.1) is 13.8 Å². The van der Waals surface area contributed by atoms with Crippen LogP contribution in [0.25, 0.3) is 22.3 Å². The minimum atomic E-state index is -2.59. The third-order valence-corrected chi connectivity index (χ3v) is 10.8. The van der Waals surface area contributed by atoms with Crippen molar-refractivity contribution < 1.29 is 89.1 Å².